The lowest BCUT2D eigenvalue weighted by Gasteiger charge is -2.09. The quantitative estimate of drug-likeness (QED) is 0.668. The predicted molar refractivity (Wildman–Crippen MR) is 99.5 cm³/mol. The number of rotatable bonds is 5. The summed E-state index contributed by atoms with van der Waals surface area (Å²) in [6.07, 6.45) is -1.89. The fourth-order valence-corrected chi connectivity index (χ4v) is 2.37. The SMILES string of the molecule is CCC(=O)Nc1cccc(NC(=O)/C=C/c2ccc(Cl)c(C(F)(F)F)c2)c1. The molecular weight excluding hydrogens is 381 g/mol. The highest BCUT2D eigenvalue weighted by Gasteiger charge is 2.33. The lowest BCUT2D eigenvalue weighted by molar-refractivity contribution is -0.137. The van der Waals surface area contributed by atoms with Crippen LogP contribution in [0.25, 0.3) is 6.08 Å². The Hall–Kier alpha value is -2.80. The fourth-order valence-electron chi connectivity index (χ4n) is 2.14. The summed E-state index contributed by atoms with van der Waals surface area (Å²) in [4.78, 5) is 23.4. The van der Waals surface area contributed by atoms with Crippen molar-refractivity contribution < 1.29 is 22.8 Å². The first-order chi connectivity index (χ1) is 12.7. The highest BCUT2D eigenvalue weighted by atomic mass is 35.5. The van der Waals surface area contributed by atoms with Crippen molar-refractivity contribution in [2.24, 2.45) is 0 Å². The van der Waals surface area contributed by atoms with E-state index in [1.165, 1.54) is 12.1 Å². The van der Waals surface area contributed by atoms with Gasteiger partial charge in [-0.1, -0.05) is 30.7 Å². The van der Waals surface area contributed by atoms with E-state index in [9.17, 15) is 22.8 Å². The Morgan fingerprint density at radius 3 is 2.37 bits per heavy atom. The maximum absolute atomic E-state index is 12.9. The van der Waals surface area contributed by atoms with Gasteiger partial charge >= 0.3 is 6.18 Å². The summed E-state index contributed by atoms with van der Waals surface area (Å²) in [7, 11) is 0. The van der Waals surface area contributed by atoms with Crippen molar-refractivity contribution in [3.05, 3.63) is 64.7 Å². The van der Waals surface area contributed by atoms with Crippen LogP contribution in [0.1, 0.15) is 24.5 Å². The van der Waals surface area contributed by atoms with E-state index in [1.54, 1.807) is 31.2 Å². The highest BCUT2D eigenvalue weighted by Crippen LogP contribution is 2.35. The first kappa shape index (κ1) is 20.5. The van der Waals surface area contributed by atoms with E-state index in [4.69, 9.17) is 11.6 Å². The average molecular weight is 397 g/mol. The van der Waals surface area contributed by atoms with E-state index in [0.29, 0.717) is 17.8 Å². The van der Waals surface area contributed by atoms with Gasteiger partial charge in [0.2, 0.25) is 11.8 Å². The smallest absolute Gasteiger partial charge is 0.326 e. The lowest BCUT2D eigenvalue weighted by Crippen LogP contribution is -2.11. The zero-order chi connectivity index (χ0) is 20.0. The number of hydrogen-bond acceptors (Lipinski definition) is 2. The van der Waals surface area contributed by atoms with Crippen molar-refractivity contribution in [1.29, 1.82) is 0 Å². The molecule has 8 heteroatoms. The molecule has 0 saturated heterocycles. The van der Waals surface area contributed by atoms with Crippen LogP contribution in [-0.4, -0.2) is 11.8 Å². The van der Waals surface area contributed by atoms with Gasteiger partial charge in [-0.05, 0) is 42.0 Å². The first-order valence-corrected chi connectivity index (χ1v) is 8.32. The van der Waals surface area contributed by atoms with Gasteiger partial charge in [0.25, 0.3) is 0 Å². The van der Waals surface area contributed by atoms with E-state index in [1.807, 2.05) is 0 Å². The minimum absolute atomic E-state index is 0.165. The molecular formula is C19H16ClF3N2O2. The molecule has 2 amide bonds. The third-order valence-electron chi connectivity index (χ3n) is 3.46. The number of alkyl halides is 3. The molecule has 0 radical (unpaired) electrons. The van der Waals surface area contributed by atoms with Crippen LogP contribution in [0.4, 0.5) is 24.5 Å². The number of halogens is 4. The maximum Gasteiger partial charge on any atom is 0.417 e. The van der Waals surface area contributed by atoms with Crippen LogP contribution in [0, 0.1) is 0 Å². The summed E-state index contributed by atoms with van der Waals surface area (Å²) >= 11 is 5.56. The summed E-state index contributed by atoms with van der Waals surface area (Å²) in [5.74, 6) is -0.695. The number of carbonyl (C=O) groups is 2. The van der Waals surface area contributed by atoms with Gasteiger partial charge in [-0.15, -0.1) is 0 Å². The van der Waals surface area contributed by atoms with Crippen LogP contribution >= 0.6 is 11.6 Å². The summed E-state index contributed by atoms with van der Waals surface area (Å²) in [6.45, 7) is 1.71. The summed E-state index contributed by atoms with van der Waals surface area (Å²) < 4.78 is 38.6. The molecule has 0 unspecified atom stereocenters. The topological polar surface area (TPSA) is 58.2 Å². The second-order valence-corrected chi connectivity index (χ2v) is 5.95. The monoisotopic (exact) mass is 396 g/mol. The van der Waals surface area contributed by atoms with Crippen LogP contribution in [0.15, 0.2) is 48.5 Å². The Balaban J connectivity index is 2.08. The molecule has 0 aliphatic rings. The van der Waals surface area contributed by atoms with Gasteiger partial charge in [0.15, 0.2) is 0 Å². The van der Waals surface area contributed by atoms with E-state index in [0.717, 1.165) is 18.2 Å². The predicted octanol–water partition coefficient (Wildman–Crippen LogP) is 5.36. The largest absolute Gasteiger partial charge is 0.417 e. The third-order valence-corrected chi connectivity index (χ3v) is 3.79. The Morgan fingerprint density at radius 2 is 1.74 bits per heavy atom. The minimum Gasteiger partial charge on any atom is -0.326 e. The summed E-state index contributed by atoms with van der Waals surface area (Å²) in [6, 6.07) is 9.89. The molecule has 2 rings (SSSR count). The minimum atomic E-state index is -4.58. The van der Waals surface area contributed by atoms with Gasteiger partial charge in [-0.2, -0.15) is 13.2 Å². The van der Waals surface area contributed by atoms with Gasteiger partial charge in [0.1, 0.15) is 0 Å². The van der Waals surface area contributed by atoms with E-state index < -0.39 is 22.7 Å². The van der Waals surface area contributed by atoms with E-state index >= 15 is 0 Å². The summed E-state index contributed by atoms with van der Waals surface area (Å²) in [5, 5.41) is 4.83. The van der Waals surface area contributed by atoms with Crippen molar-refractivity contribution in [1.82, 2.24) is 0 Å². The van der Waals surface area contributed by atoms with Crippen LogP contribution in [0.5, 0.6) is 0 Å². The lowest BCUT2D eigenvalue weighted by atomic mass is 10.1. The molecule has 0 bridgehead atoms. The van der Waals surface area contributed by atoms with Crippen molar-refractivity contribution in [2.45, 2.75) is 19.5 Å². The standard InChI is InChI=1S/C19H16ClF3N2O2/c1-2-17(26)24-13-4-3-5-14(11-13)25-18(27)9-7-12-6-8-16(20)15(10-12)19(21,22)23/h3-11H,2H2,1H3,(H,24,26)(H,25,27)/b9-7+. The molecule has 0 aliphatic heterocycles. The maximum atomic E-state index is 12.9. The molecule has 2 N–H and O–H groups in total. The number of nitrogens with one attached hydrogen (secondary N) is 2. The zero-order valence-electron chi connectivity index (χ0n) is 14.2. The van der Waals surface area contributed by atoms with Gasteiger partial charge in [0, 0.05) is 23.9 Å². The van der Waals surface area contributed by atoms with Gasteiger partial charge in [0.05, 0.1) is 10.6 Å². The summed E-state index contributed by atoms with van der Waals surface area (Å²) in [5.41, 5.74) is 0.179. The van der Waals surface area contributed by atoms with E-state index in [-0.39, 0.29) is 11.5 Å². The van der Waals surface area contributed by atoms with Crippen molar-refractivity contribution >= 4 is 40.9 Å². The molecule has 142 valence electrons. The Bertz CT molecular complexity index is 879. The van der Waals surface area contributed by atoms with Crippen molar-refractivity contribution in [2.75, 3.05) is 10.6 Å². The molecule has 0 atom stereocenters. The van der Waals surface area contributed by atoms with Crippen LogP contribution in [0.2, 0.25) is 5.02 Å². The molecule has 0 aliphatic carbocycles. The third kappa shape index (κ3) is 6.14. The number of benzene rings is 2. The zero-order valence-corrected chi connectivity index (χ0v) is 15.0. The molecule has 0 heterocycles. The molecule has 0 saturated carbocycles. The van der Waals surface area contributed by atoms with Crippen LogP contribution in [0.3, 0.4) is 0 Å². The normalized spacial score (nSPS) is 11.4. The second kappa shape index (κ2) is 8.73. The first-order valence-electron chi connectivity index (χ1n) is 7.94. The molecule has 2 aromatic rings. The fraction of sp³-hybridized carbons (Fsp3) is 0.158. The highest BCUT2D eigenvalue weighted by molar-refractivity contribution is 6.31. The molecule has 0 fully saturated rings. The van der Waals surface area contributed by atoms with Gasteiger partial charge in [-0.25, -0.2) is 0 Å². The Morgan fingerprint density at radius 1 is 1.07 bits per heavy atom. The van der Waals surface area contributed by atoms with Gasteiger partial charge < -0.3 is 10.6 Å². The molecule has 2 aromatic carbocycles. The molecule has 27 heavy (non-hydrogen) atoms. The van der Waals surface area contributed by atoms with Crippen molar-refractivity contribution in [3.8, 4) is 0 Å². The van der Waals surface area contributed by atoms with Crippen molar-refractivity contribution in [3.63, 3.8) is 0 Å². The number of amides is 2. The number of carbonyl (C=O) groups excluding carboxylic acids is 2. The number of anilines is 2. The molecule has 4 nitrogen and oxygen atoms in total. The second-order valence-electron chi connectivity index (χ2n) is 5.54. The average Bonchev–Trinajstić information content (AvgIpc) is 2.60. The van der Waals surface area contributed by atoms with Crippen LogP contribution in [-0.2, 0) is 15.8 Å². The van der Waals surface area contributed by atoms with Crippen LogP contribution < -0.4 is 10.6 Å². The number of hydrogen-bond donors (Lipinski definition) is 2. The molecule has 0 aromatic heterocycles. The van der Waals surface area contributed by atoms with E-state index in [2.05, 4.69) is 10.6 Å². The molecule has 0 spiro atoms. The Labute approximate surface area is 159 Å². The van der Waals surface area contributed by atoms with Gasteiger partial charge in [-0.3, -0.25) is 9.59 Å². The Kier molecular flexibility index (Phi) is 6.63.